The summed E-state index contributed by atoms with van der Waals surface area (Å²) in [4.78, 5) is 25.3. The number of thioether (sulfide) groups is 1. The number of hydrogen-bond donors (Lipinski definition) is 1. The Kier molecular flexibility index (Phi) is 14.5. The van der Waals surface area contributed by atoms with E-state index >= 15 is 0 Å². The van der Waals surface area contributed by atoms with Crippen LogP contribution in [0.5, 0.6) is 0 Å². The van der Waals surface area contributed by atoms with E-state index in [1.165, 1.54) is 13.0 Å². The molecule has 1 amide bonds. The fourth-order valence-electron chi connectivity index (χ4n) is 3.42. The minimum atomic E-state index is -0.162. The number of aliphatic hydroxyl groups excluding tert-OH is 1. The highest BCUT2D eigenvalue weighted by Crippen LogP contribution is 2.44. The first-order chi connectivity index (χ1) is 14.8. The Bertz CT molecular complexity index is 659. The third-order valence-electron chi connectivity index (χ3n) is 4.78. The van der Waals surface area contributed by atoms with Crippen molar-refractivity contribution >= 4 is 29.6 Å². The van der Waals surface area contributed by atoms with Crippen LogP contribution in [0.1, 0.15) is 71.7 Å². The van der Waals surface area contributed by atoms with Gasteiger partial charge in [-0.2, -0.15) is 0 Å². The zero-order valence-corrected chi connectivity index (χ0v) is 21.1. The first kappa shape index (κ1) is 29.4. The molecule has 1 aromatic carbocycles. The maximum atomic E-state index is 14.6. The van der Waals surface area contributed by atoms with Gasteiger partial charge in [0.05, 0.1) is 11.4 Å². The van der Waals surface area contributed by atoms with E-state index < -0.39 is 0 Å². The van der Waals surface area contributed by atoms with Gasteiger partial charge in [0.2, 0.25) is 5.91 Å². The molecular formula is C24H41FN2O3S. The molecule has 0 spiro atoms. The summed E-state index contributed by atoms with van der Waals surface area (Å²) in [7, 11) is 1.00. The van der Waals surface area contributed by atoms with E-state index in [1.54, 1.807) is 17.8 Å². The fraction of sp³-hybridized carbons (Fsp3) is 0.667. The second-order valence-electron chi connectivity index (χ2n) is 8.17. The van der Waals surface area contributed by atoms with Gasteiger partial charge in [0.15, 0.2) is 0 Å². The summed E-state index contributed by atoms with van der Waals surface area (Å²) >= 11 is 1.63. The number of carbonyl (C=O) groups excluding carboxylic acids is 2. The number of benzene rings is 1. The van der Waals surface area contributed by atoms with E-state index in [0.717, 1.165) is 57.9 Å². The van der Waals surface area contributed by atoms with Gasteiger partial charge in [0, 0.05) is 32.3 Å². The van der Waals surface area contributed by atoms with Crippen LogP contribution < -0.4 is 4.90 Å². The molecule has 7 heteroatoms. The van der Waals surface area contributed by atoms with E-state index in [9.17, 15) is 9.18 Å². The molecule has 178 valence electrons. The topological polar surface area (TPSA) is 60.9 Å². The van der Waals surface area contributed by atoms with Gasteiger partial charge in [-0.3, -0.25) is 4.79 Å². The zero-order chi connectivity index (χ0) is 24.0. The summed E-state index contributed by atoms with van der Waals surface area (Å²) in [6, 6.07) is 5.31. The predicted octanol–water partition coefficient (Wildman–Crippen LogP) is 5.28. The van der Waals surface area contributed by atoms with Gasteiger partial charge in [-0.25, -0.2) is 4.39 Å². The largest absolute Gasteiger partial charge is 0.400 e. The molecule has 1 atom stereocenters. The lowest BCUT2D eigenvalue weighted by Gasteiger charge is -2.31. The van der Waals surface area contributed by atoms with E-state index in [-0.39, 0.29) is 22.5 Å². The van der Waals surface area contributed by atoms with Crippen molar-refractivity contribution in [1.82, 2.24) is 4.90 Å². The predicted molar refractivity (Wildman–Crippen MR) is 130 cm³/mol. The number of hydrogen-bond acceptors (Lipinski definition) is 5. The van der Waals surface area contributed by atoms with Gasteiger partial charge in [-0.15, -0.1) is 11.8 Å². The van der Waals surface area contributed by atoms with E-state index in [4.69, 9.17) is 9.90 Å². The van der Waals surface area contributed by atoms with Crippen LogP contribution in [0.25, 0.3) is 0 Å². The number of anilines is 1. The number of amides is 1. The number of aliphatic hydroxyl groups is 1. The normalized spacial score (nSPS) is 17.7. The van der Waals surface area contributed by atoms with E-state index in [2.05, 4.69) is 25.7 Å². The first-order valence-electron chi connectivity index (χ1n) is 11.1. The molecule has 5 nitrogen and oxygen atoms in total. The summed E-state index contributed by atoms with van der Waals surface area (Å²) in [5, 5.41) is 6.94. The molecule has 2 fully saturated rings. The lowest BCUT2D eigenvalue weighted by molar-refractivity contribution is -0.128. The second kappa shape index (κ2) is 15.2. The highest BCUT2D eigenvalue weighted by Gasteiger charge is 2.36. The summed E-state index contributed by atoms with van der Waals surface area (Å²) in [5.41, 5.74) is 1.85. The molecule has 3 rings (SSSR count). The van der Waals surface area contributed by atoms with Crippen molar-refractivity contribution in [3.8, 4) is 0 Å². The van der Waals surface area contributed by atoms with Crippen LogP contribution in [0.15, 0.2) is 18.2 Å². The molecule has 0 aromatic heterocycles. The van der Waals surface area contributed by atoms with Crippen molar-refractivity contribution in [3.63, 3.8) is 0 Å². The molecule has 2 heterocycles. The third-order valence-corrected chi connectivity index (χ3v) is 6.01. The summed E-state index contributed by atoms with van der Waals surface area (Å²) in [5.74, 6) is 0.501. The van der Waals surface area contributed by atoms with Crippen LogP contribution in [0, 0.1) is 11.2 Å². The Hall–Kier alpha value is -1.60. The van der Waals surface area contributed by atoms with Crippen LogP contribution in [0.4, 0.5) is 10.1 Å². The van der Waals surface area contributed by atoms with Gasteiger partial charge < -0.3 is 19.7 Å². The smallest absolute Gasteiger partial charge is 0.233 e. The molecule has 2 saturated heterocycles. The minimum Gasteiger partial charge on any atom is -0.400 e. The summed E-state index contributed by atoms with van der Waals surface area (Å²) in [6.45, 7) is 14.5. The van der Waals surface area contributed by atoms with Crippen LogP contribution in [0.3, 0.4) is 0 Å². The number of para-hydroxylation sites is 1. The Morgan fingerprint density at radius 3 is 2.26 bits per heavy atom. The van der Waals surface area contributed by atoms with Gasteiger partial charge >= 0.3 is 0 Å². The lowest BCUT2D eigenvalue weighted by atomic mass is 9.92. The number of rotatable bonds is 4. The van der Waals surface area contributed by atoms with Crippen molar-refractivity contribution < 1.29 is 19.1 Å². The Balaban J connectivity index is 0.00000116. The Morgan fingerprint density at radius 1 is 1.19 bits per heavy atom. The zero-order valence-electron chi connectivity index (χ0n) is 20.3. The summed E-state index contributed by atoms with van der Waals surface area (Å²) < 4.78 is 14.6. The fourth-order valence-corrected chi connectivity index (χ4v) is 4.65. The molecule has 31 heavy (non-hydrogen) atoms. The maximum absolute atomic E-state index is 14.6. The average Bonchev–Trinajstić information content (AvgIpc) is 3.39. The maximum Gasteiger partial charge on any atom is 0.233 e. The molecular weight excluding hydrogens is 415 g/mol. The van der Waals surface area contributed by atoms with Gasteiger partial charge in [0.25, 0.3) is 0 Å². The standard InChI is InChI=1S/C19H27FN2OS.C2H4O.C2H6.CH4O/c1-19(2,3)9-12-22-16(23)13-24-18(22)14-7-6-8-15(20)17(14)21-10-4-5-11-21;1-2-3;2*1-2/h6-8,18H,4-5,9-13H2,1-3H3;2H,1H3;1-2H3;2H,1H3. The van der Waals surface area contributed by atoms with Crippen LogP contribution in [0.2, 0.25) is 0 Å². The molecule has 1 N–H and O–H groups in total. The van der Waals surface area contributed by atoms with Crippen LogP contribution in [-0.4, -0.2) is 54.7 Å². The first-order valence-corrected chi connectivity index (χ1v) is 12.1. The number of aldehydes is 1. The van der Waals surface area contributed by atoms with E-state index in [0.29, 0.717) is 11.4 Å². The Labute approximate surface area is 192 Å². The molecule has 0 aliphatic carbocycles. The highest BCUT2D eigenvalue weighted by molar-refractivity contribution is 8.00. The third kappa shape index (κ3) is 9.19. The average molecular weight is 457 g/mol. The van der Waals surface area contributed by atoms with Crippen molar-refractivity contribution in [2.45, 2.75) is 66.2 Å². The van der Waals surface area contributed by atoms with Crippen molar-refractivity contribution in [3.05, 3.63) is 29.6 Å². The molecule has 2 aliphatic heterocycles. The minimum absolute atomic E-state index is 0.0637. The molecule has 1 aromatic rings. The van der Waals surface area contributed by atoms with Gasteiger partial charge in [0.1, 0.15) is 17.5 Å². The van der Waals surface area contributed by atoms with Crippen molar-refractivity contribution in [1.29, 1.82) is 0 Å². The number of halogens is 1. The van der Waals surface area contributed by atoms with E-state index in [1.807, 2.05) is 24.8 Å². The second-order valence-corrected chi connectivity index (χ2v) is 9.24. The number of nitrogens with zero attached hydrogens (tertiary/aromatic N) is 2. The lowest BCUT2D eigenvalue weighted by Crippen LogP contribution is -2.32. The number of carbonyl (C=O) groups is 2. The SMILES string of the molecule is CC.CC(C)(C)CCN1C(=O)CSC1c1cccc(F)c1N1CCCC1.CC=O.CO. The molecule has 0 radical (unpaired) electrons. The molecule has 0 saturated carbocycles. The van der Waals surface area contributed by atoms with Crippen molar-refractivity contribution in [2.24, 2.45) is 5.41 Å². The molecule has 0 bridgehead atoms. The van der Waals surface area contributed by atoms with Gasteiger partial charge in [-0.05, 0) is 37.7 Å². The van der Waals surface area contributed by atoms with Crippen molar-refractivity contribution in [2.75, 3.05) is 37.4 Å². The molecule has 1 unspecified atom stereocenters. The quantitative estimate of drug-likeness (QED) is 0.625. The Morgan fingerprint density at radius 2 is 1.74 bits per heavy atom. The summed E-state index contributed by atoms with van der Waals surface area (Å²) in [6.07, 6.45) is 3.92. The monoisotopic (exact) mass is 456 g/mol. The highest BCUT2D eigenvalue weighted by atomic mass is 32.2. The molecule has 2 aliphatic rings. The van der Waals surface area contributed by atoms with Gasteiger partial charge in [-0.1, -0.05) is 46.8 Å². The van der Waals surface area contributed by atoms with Crippen LogP contribution in [-0.2, 0) is 9.59 Å². The van der Waals surface area contributed by atoms with Crippen LogP contribution >= 0.6 is 11.8 Å².